The molecule has 2 rings (SSSR count). The monoisotopic (exact) mass is 201 g/mol. The molecule has 0 bridgehead atoms. The summed E-state index contributed by atoms with van der Waals surface area (Å²) >= 11 is 9.72. The summed E-state index contributed by atoms with van der Waals surface area (Å²) in [7, 11) is 0. The van der Waals surface area contributed by atoms with E-state index in [-0.39, 0.29) is 5.02 Å². The van der Waals surface area contributed by atoms with Crippen molar-refractivity contribution in [2.75, 3.05) is 0 Å². The van der Waals surface area contributed by atoms with Crippen LogP contribution in [-0.4, -0.2) is 4.98 Å². The highest BCUT2D eigenvalue weighted by atomic mass is 35.5. The molecule has 1 aromatic carbocycles. The first-order chi connectivity index (χ1) is 5.68. The van der Waals surface area contributed by atoms with Crippen LogP contribution in [0, 0.1) is 5.82 Å². The Morgan fingerprint density at radius 1 is 1.42 bits per heavy atom. The lowest BCUT2D eigenvalue weighted by molar-refractivity contribution is 0.630. The van der Waals surface area contributed by atoms with Gasteiger partial charge in [0.25, 0.3) is 0 Å². The number of benzene rings is 1. The Morgan fingerprint density at radius 2 is 2.17 bits per heavy atom. The summed E-state index contributed by atoms with van der Waals surface area (Å²) < 4.78 is 12.9. The maximum atomic E-state index is 12.9. The third kappa shape index (κ3) is 1.09. The van der Waals surface area contributed by atoms with Crippen LogP contribution in [0.2, 0.25) is 5.02 Å². The van der Waals surface area contributed by atoms with Crippen molar-refractivity contribution >= 4 is 35.1 Å². The Kier molecular flexibility index (Phi) is 1.77. The molecule has 0 aliphatic rings. The van der Waals surface area contributed by atoms with Crippen molar-refractivity contribution in [2.45, 2.75) is 4.90 Å². The third-order valence-electron chi connectivity index (χ3n) is 1.70. The molecule has 0 aliphatic carbocycles. The summed E-state index contributed by atoms with van der Waals surface area (Å²) in [4.78, 5) is 3.65. The summed E-state index contributed by atoms with van der Waals surface area (Å²) in [5, 5.41) is 0.873. The Balaban J connectivity index is 2.87. The number of hydrogen-bond acceptors (Lipinski definition) is 1. The van der Waals surface area contributed by atoms with Crippen molar-refractivity contribution < 1.29 is 4.39 Å². The Labute approximate surface area is 78.9 Å². The fourth-order valence-electron chi connectivity index (χ4n) is 1.10. The van der Waals surface area contributed by atoms with E-state index in [0.717, 1.165) is 15.8 Å². The standard InChI is InChI=1S/C8H5ClFNS/c9-5-2-7-4(1-6(5)10)8(12)3-11-7/h1-3,11-12H. The van der Waals surface area contributed by atoms with Crippen LogP contribution in [0.25, 0.3) is 10.9 Å². The van der Waals surface area contributed by atoms with Crippen LogP contribution in [0.4, 0.5) is 4.39 Å². The van der Waals surface area contributed by atoms with E-state index in [1.807, 2.05) is 0 Å². The topological polar surface area (TPSA) is 15.8 Å². The second-order valence-corrected chi connectivity index (χ2v) is 3.37. The van der Waals surface area contributed by atoms with Gasteiger partial charge in [0.15, 0.2) is 0 Å². The number of hydrogen-bond donors (Lipinski definition) is 2. The van der Waals surface area contributed by atoms with Gasteiger partial charge in [-0.3, -0.25) is 0 Å². The number of thiol groups is 1. The molecule has 0 unspecified atom stereocenters. The van der Waals surface area contributed by atoms with E-state index in [1.165, 1.54) is 6.07 Å². The molecule has 62 valence electrons. The highest BCUT2D eigenvalue weighted by Gasteiger charge is 2.05. The molecule has 0 aliphatic heterocycles. The van der Waals surface area contributed by atoms with Crippen molar-refractivity contribution in [2.24, 2.45) is 0 Å². The van der Waals surface area contributed by atoms with Gasteiger partial charge in [0.05, 0.1) is 5.02 Å². The zero-order valence-electron chi connectivity index (χ0n) is 5.94. The van der Waals surface area contributed by atoms with Gasteiger partial charge >= 0.3 is 0 Å². The molecule has 1 nitrogen and oxygen atoms in total. The minimum Gasteiger partial charge on any atom is -0.360 e. The van der Waals surface area contributed by atoms with Gasteiger partial charge in [0.1, 0.15) is 5.82 Å². The quantitative estimate of drug-likeness (QED) is 0.609. The van der Waals surface area contributed by atoms with Crippen LogP contribution in [0.5, 0.6) is 0 Å². The predicted molar refractivity (Wildman–Crippen MR) is 50.5 cm³/mol. The van der Waals surface area contributed by atoms with Crippen molar-refractivity contribution in [3.63, 3.8) is 0 Å². The van der Waals surface area contributed by atoms with Gasteiger partial charge in [-0.2, -0.15) is 0 Å². The van der Waals surface area contributed by atoms with Gasteiger partial charge in [0.2, 0.25) is 0 Å². The van der Waals surface area contributed by atoms with Crippen LogP contribution in [0.3, 0.4) is 0 Å². The molecule has 0 radical (unpaired) electrons. The summed E-state index contributed by atoms with van der Waals surface area (Å²) in [5.41, 5.74) is 0.798. The molecule has 0 atom stereocenters. The predicted octanol–water partition coefficient (Wildman–Crippen LogP) is 3.25. The molecule has 1 N–H and O–H groups in total. The van der Waals surface area contributed by atoms with Gasteiger partial charge in [0, 0.05) is 22.0 Å². The van der Waals surface area contributed by atoms with E-state index in [0.29, 0.717) is 0 Å². The molecule has 0 saturated heterocycles. The number of halogens is 2. The van der Waals surface area contributed by atoms with E-state index in [2.05, 4.69) is 17.6 Å². The molecular weight excluding hydrogens is 197 g/mol. The summed E-state index contributed by atoms with van der Waals surface area (Å²) in [5.74, 6) is -0.418. The fraction of sp³-hybridized carbons (Fsp3) is 0. The van der Waals surface area contributed by atoms with E-state index in [1.54, 1.807) is 12.3 Å². The highest BCUT2D eigenvalue weighted by molar-refractivity contribution is 7.80. The molecule has 2 aromatic rings. The minimum absolute atomic E-state index is 0.123. The highest BCUT2D eigenvalue weighted by Crippen LogP contribution is 2.26. The van der Waals surface area contributed by atoms with Crippen molar-refractivity contribution in [3.05, 3.63) is 29.2 Å². The van der Waals surface area contributed by atoms with Crippen LogP contribution in [0.1, 0.15) is 0 Å². The largest absolute Gasteiger partial charge is 0.360 e. The first-order valence-electron chi connectivity index (χ1n) is 3.33. The molecule has 0 amide bonds. The number of nitrogens with one attached hydrogen (secondary N) is 1. The molecule has 0 saturated carbocycles. The minimum atomic E-state index is -0.418. The molecule has 1 aromatic heterocycles. The van der Waals surface area contributed by atoms with Crippen LogP contribution >= 0.6 is 24.2 Å². The molecular formula is C8H5ClFNS. The molecule has 4 heteroatoms. The Morgan fingerprint density at radius 3 is 2.92 bits per heavy atom. The van der Waals surface area contributed by atoms with E-state index in [9.17, 15) is 4.39 Å². The first kappa shape index (κ1) is 7.95. The third-order valence-corrected chi connectivity index (χ3v) is 2.36. The maximum Gasteiger partial charge on any atom is 0.142 e. The van der Waals surface area contributed by atoms with Gasteiger partial charge in [-0.15, -0.1) is 12.6 Å². The van der Waals surface area contributed by atoms with Crippen LogP contribution in [0.15, 0.2) is 23.2 Å². The van der Waals surface area contributed by atoms with Gasteiger partial charge in [-0.25, -0.2) is 4.39 Å². The lowest BCUT2D eigenvalue weighted by Gasteiger charge is -1.94. The second kappa shape index (κ2) is 2.68. The molecule has 0 spiro atoms. The van der Waals surface area contributed by atoms with Gasteiger partial charge in [-0.1, -0.05) is 11.6 Å². The Hall–Kier alpha value is -0.670. The fourth-order valence-corrected chi connectivity index (χ4v) is 1.52. The van der Waals surface area contributed by atoms with E-state index < -0.39 is 5.82 Å². The lowest BCUT2D eigenvalue weighted by atomic mass is 10.2. The number of aromatic amines is 1. The molecule has 0 fully saturated rings. The van der Waals surface area contributed by atoms with Crippen molar-refractivity contribution in [1.82, 2.24) is 4.98 Å². The van der Waals surface area contributed by atoms with Crippen molar-refractivity contribution in [1.29, 1.82) is 0 Å². The average Bonchev–Trinajstić information content (AvgIpc) is 2.35. The number of fused-ring (bicyclic) bond motifs is 1. The SMILES string of the molecule is Fc1cc2c(S)c[nH]c2cc1Cl. The number of aromatic nitrogens is 1. The van der Waals surface area contributed by atoms with Crippen LogP contribution in [-0.2, 0) is 0 Å². The van der Waals surface area contributed by atoms with E-state index in [4.69, 9.17) is 11.6 Å². The van der Waals surface area contributed by atoms with Gasteiger partial charge < -0.3 is 4.98 Å². The Bertz CT molecular complexity index is 438. The molecule has 12 heavy (non-hydrogen) atoms. The number of H-pyrrole nitrogens is 1. The molecule has 1 heterocycles. The zero-order chi connectivity index (χ0) is 8.72. The average molecular weight is 202 g/mol. The second-order valence-electron chi connectivity index (χ2n) is 2.49. The summed E-state index contributed by atoms with van der Waals surface area (Å²) in [6.07, 6.45) is 1.70. The summed E-state index contributed by atoms with van der Waals surface area (Å²) in [6, 6.07) is 2.92. The smallest absolute Gasteiger partial charge is 0.142 e. The van der Waals surface area contributed by atoms with Gasteiger partial charge in [-0.05, 0) is 12.1 Å². The van der Waals surface area contributed by atoms with Crippen LogP contribution < -0.4 is 0 Å². The van der Waals surface area contributed by atoms with Crippen molar-refractivity contribution in [3.8, 4) is 0 Å². The van der Waals surface area contributed by atoms with E-state index >= 15 is 0 Å². The normalized spacial score (nSPS) is 10.9. The maximum absolute atomic E-state index is 12.9. The lowest BCUT2D eigenvalue weighted by Crippen LogP contribution is -1.76. The first-order valence-corrected chi connectivity index (χ1v) is 4.16. The number of rotatable bonds is 0. The zero-order valence-corrected chi connectivity index (χ0v) is 7.59. The summed E-state index contributed by atoms with van der Waals surface area (Å²) in [6.45, 7) is 0.